The van der Waals surface area contributed by atoms with Crippen LogP contribution in [0.2, 0.25) is 0 Å². The van der Waals surface area contributed by atoms with Gasteiger partial charge in [0, 0.05) is 23.1 Å². The van der Waals surface area contributed by atoms with E-state index in [-0.39, 0.29) is 18.1 Å². The minimum atomic E-state index is -0.389. The Morgan fingerprint density at radius 1 is 1.59 bits per heavy atom. The zero-order valence-corrected chi connectivity index (χ0v) is 10.9. The first-order valence-corrected chi connectivity index (χ1v) is 6.41. The molecule has 0 spiro atoms. The van der Waals surface area contributed by atoms with Crippen LogP contribution >= 0.6 is 15.9 Å². The molecule has 17 heavy (non-hydrogen) atoms. The van der Waals surface area contributed by atoms with E-state index in [1.54, 1.807) is 5.06 Å². The molecule has 5 heteroatoms. The second-order valence-corrected chi connectivity index (χ2v) is 5.01. The molecule has 3 rings (SSSR count). The smallest absolute Gasteiger partial charge is 0.196 e. The van der Waals surface area contributed by atoms with E-state index in [0.29, 0.717) is 18.6 Å². The second kappa shape index (κ2) is 4.08. The quantitative estimate of drug-likeness (QED) is 0.841. The Balaban J connectivity index is 2.06. The lowest BCUT2D eigenvalue weighted by atomic mass is 10.0. The van der Waals surface area contributed by atoms with Gasteiger partial charge in [-0.1, -0.05) is 15.9 Å². The van der Waals surface area contributed by atoms with Crippen molar-refractivity contribution >= 4 is 27.4 Å². The molecule has 0 N–H and O–H groups in total. The van der Waals surface area contributed by atoms with E-state index < -0.39 is 0 Å². The predicted molar refractivity (Wildman–Crippen MR) is 65.9 cm³/mol. The van der Waals surface area contributed by atoms with Crippen molar-refractivity contribution in [2.24, 2.45) is 0 Å². The van der Waals surface area contributed by atoms with Gasteiger partial charge in [0.1, 0.15) is 0 Å². The number of hydrogen-bond acceptors (Lipinski definition) is 4. The SMILES string of the molecule is CCO[C@H]1C[C@H]2ON1c1cc(Br)ccc1C2=O. The lowest BCUT2D eigenvalue weighted by Crippen LogP contribution is -2.35. The van der Waals surface area contributed by atoms with E-state index in [1.165, 1.54) is 0 Å². The summed E-state index contributed by atoms with van der Waals surface area (Å²) in [5.74, 6) is 0.0472. The lowest BCUT2D eigenvalue weighted by molar-refractivity contribution is 0.0167. The van der Waals surface area contributed by atoms with Crippen LogP contribution in [0.1, 0.15) is 23.7 Å². The fourth-order valence-electron chi connectivity index (χ4n) is 2.29. The first-order chi connectivity index (χ1) is 8.20. The predicted octanol–water partition coefficient (Wildman–Crippen LogP) is 2.52. The van der Waals surface area contributed by atoms with E-state index >= 15 is 0 Å². The lowest BCUT2D eigenvalue weighted by Gasteiger charge is -2.28. The highest BCUT2D eigenvalue weighted by Crippen LogP contribution is 2.39. The van der Waals surface area contributed by atoms with E-state index in [2.05, 4.69) is 15.9 Å². The van der Waals surface area contributed by atoms with Gasteiger partial charge in [-0.2, -0.15) is 0 Å². The van der Waals surface area contributed by atoms with Crippen LogP contribution in [0.25, 0.3) is 0 Å². The van der Waals surface area contributed by atoms with Gasteiger partial charge in [-0.15, -0.1) is 0 Å². The molecule has 0 aliphatic carbocycles. The molecule has 1 aromatic carbocycles. The molecule has 1 saturated heterocycles. The number of rotatable bonds is 2. The van der Waals surface area contributed by atoms with Crippen molar-refractivity contribution < 1.29 is 14.4 Å². The maximum atomic E-state index is 12.1. The van der Waals surface area contributed by atoms with Crippen LogP contribution in [0, 0.1) is 0 Å². The highest BCUT2D eigenvalue weighted by atomic mass is 79.9. The number of Topliss-reactive ketones (excluding diaryl/α,β-unsaturated/α-hetero) is 1. The Morgan fingerprint density at radius 3 is 3.18 bits per heavy atom. The van der Waals surface area contributed by atoms with Crippen LogP contribution < -0.4 is 5.06 Å². The second-order valence-electron chi connectivity index (χ2n) is 4.09. The van der Waals surface area contributed by atoms with E-state index in [4.69, 9.17) is 9.57 Å². The van der Waals surface area contributed by atoms with Crippen LogP contribution in [0.5, 0.6) is 0 Å². The number of anilines is 1. The highest BCUT2D eigenvalue weighted by molar-refractivity contribution is 9.10. The van der Waals surface area contributed by atoms with Gasteiger partial charge in [0.2, 0.25) is 0 Å². The summed E-state index contributed by atoms with van der Waals surface area (Å²) < 4.78 is 6.52. The highest BCUT2D eigenvalue weighted by Gasteiger charge is 2.44. The Bertz CT molecular complexity index is 477. The standard InChI is InChI=1S/C12H12BrNO3/c1-2-16-11-6-10-12(15)8-4-3-7(13)5-9(8)14(11)17-10/h3-5,10-11H,2,6H2,1H3/t10-,11+/m1/s1. The molecular weight excluding hydrogens is 286 g/mol. The summed E-state index contributed by atoms with van der Waals surface area (Å²) in [5, 5.41) is 1.72. The van der Waals surface area contributed by atoms with Crippen molar-refractivity contribution in [3.05, 3.63) is 28.2 Å². The van der Waals surface area contributed by atoms with Crippen molar-refractivity contribution in [2.45, 2.75) is 25.7 Å². The summed E-state index contributed by atoms with van der Waals surface area (Å²) in [6.45, 7) is 2.54. The third kappa shape index (κ3) is 1.69. The van der Waals surface area contributed by atoms with Gasteiger partial charge in [0.15, 0.2) is 18.1 Å². The van der Waals surface area contributed by atoms with Crippen LogP contribution in [0.4, 0.5) is 5.69 Å². The maximum Gasteiger partial charge on any atom is 0.196 e. The molecule has 2 aliphatic heterocycles. The van der Waals surface area contributed by atoms with E-state index in [0.717, 1.165) is 10.2 Å². The molecule has 0 saturated carbocycles. The summed E-state index contributed by atoms with van der Waals surface area (Å²) in [5.41, 5.74) is 1.50. The van der Waals surface area contributed by atoms with Crippen LogP contribution in [-0.4, -0.2) is 24.7 Å². The van der Waals surface area contributed by atoms with Crippen molar-refractivity contribution in [2.75, 3.05) is 11.7 Å². The normalized spacial score (nSPS) is 26.2. The number of nitrogens with zero attached hydrogens (tertiary/aromatic N) is 1. The number of hydroxylamine groups is 1. The fraction of sp³-hybridized carbons (Fsp3) is 0.417. The Kier molecular flexibility index (Phi) is 2.69. The number of ketones is 1. The van der Waals surface area contributed by atoms with Gasteiger partial charge in [-0.3, -0.25) is 9.63 Å². The number of fused-ring (bicyclic) bond motifs is 4. The molecular formula is C12H12BrNO3. The Morgan fingerprint density at radius 2 is 2.41 bits per heavy atom. The van der Waals surface area contributed by atoms with Crippen molar-refractivity contribution in [3.8, 4) is 0 Å². The van der Waals surface area contributed by atoms with Gasteiger partial charge in [0.25, 0.3) is 0 Å². The third-order valence-corrected chi connectivity index (χ3v) is 3.53. The molecule has 0 unspecified atom stereocenters. The number of carbonyl (C=O) groups is 1. The first-order valence-electron chi connectivity index (χ1n) is 5.62. The number of benzene rings is 1. The molecule has 4 nitrogen and oxygen atoms in total. The van der Waals surface area contributed by atoms with Gasteiger partial charge in [0.05, 0.1) is 5.69 Å². The molecule has 2 atom stereocenters. The summed E-state index contributed by atoms with van der Waals surface area (Å²) in [7, 11) is 0. The average molecular weight is 298 g/mol. The monoisotopic (exact) mass is 297 g/mol. The van der Waals surface area contributed by atoms with Crippen molar-refractivity contribution in [1.82, 2.24) is 0 Å². The van der Waals surface area contributed by atoms with Crippen LogP contribution in [0.3, 0.4) is 0 Å². The number of ether oxygens (including phenoxy) is 1. The van der Waals surface area contributed by atoms with Gasteiger partial charge < -0.3 is 4.74 Å². The van der Waals surface area contributed by atoms with Crippen LogP contribution in [-0.2, 0) is 9.57 Å². The summed E-state index contributed by atoms with van der Waals surface area (Å²) in [4.78, 5) is 17.7. The molecule has 90 valence electrons. The van der Waals surface area contributed by atoms with E-state index in [9.17, 15) is 4.79 Å². The molecule has 0 amide bonds. The fourth-order valence-corrected chi connectivity index (χ4v) is 2.64. The Hall–Kier alpha value is -0.910. The largest absolute Gasteiger partial charge is 0.356 e. The molecule has 0 aromatic heterocycles. The summed E-state index contributed by atoms with van der Waals surface area (Å²) in [6.07, 6.45) is 0.0450. The minimum absolute atomic E-state index is 0.0472. The first kappa shape index (κ1) is 11.2. The summed E-state index contributed by atoms with van der Waals surface area (Å²) in [6, 6.07) is 5.59. The van der Waals surface area contributed by atoms with Crippen LogP contribution in [0.15, 0.2) is 22.7 Å². The zero-order valence-electron chi connectivity index (χ0n) is 9.35. The molecule has 0 radical (unpaired) electrons. The molecule has 2 aliphatic rings. The third-order valence-electron chi connectivity index (χ3n) is 3.03. The van der Waals surface area contributed by atoms with Gasteiger partial charge >= 0.3 is 0 Å². The number of carbonyl (C=O) groups excluding carboxylic acids is 1. The topological polar surface area (TPSA) is 38.8 Å². The Labute approximate surface area is 108 Å². The number of halogens is 1. The van der Waals surface area contributed by atoms with Gasteiger partial charge in [-0.05, 0) is 25.1 Å². The molecule has 1 fully saturated rings. The molecule has 2 bridgehead atoms. The van der Waals surface area contributed by atoms with Gasteiger partial charge in [-0.25, -0.2) is 5.06 Å². The van der Waals surface area contributed by atoms with E-state index in [1.807, 2.05) is 25.1 Å². The average Bonchev–Trinajstić information content (AvgIpc) is 2.68. The summed E-state index contributed by atoms with van der Waals surface area (Å²) >= 11 is 3.41. The number of hydrogen-bond donors (Lipinski definition) is 0. The van der Waals surface area contributed by atoms with Crippen molar-refractivity contribution in [1.29, 1.82) is 0 Å². The zero-order chi connectivity index (χ0) is 12.0. The minimum Gasteiger partial charge on any atom is -0.356 e. The molecule has 2 heterocycles. The van der Waals surface area contributed by atoms with Crippen molar-refractivity contribution in [3.63, 3.8) is 0 Å². The maximum absolute atomic E-state index is 12.1. The molecule has 1 aromatic rings.